The van der Waals surface area contributed by atoms with Gasteiger partial charge in [-0.05, 0) is 45.2 Å². The summed E-state index contributed by atoms with van der Waals surface area (Å²) in [5, 5.41) is 0. The van der Waals surface area contributed by atoms with Crippen LogP contribution in [0.5, 0.6) is 0 Å². The highest BCUT2D eigenvalue weighted by atomic mass is 16.5. The monoisotopic (exact) mass is 355 g/mol. The van der Waals surface area contributed by atoms with Crippen LogP contribution < -0.4 is 0 Å². The molecule has 2 aliphatic rings. The fourth-order valence-corrected chi connectivity index (χ4v) is 3.01. The first-order valence-electron chi connectivity index (χ1n) is 9.36. The van der Waals surface area contributed by atoms with Crippen LogP contribution in [0.3, 0.4) is 0 Å². The average molecular weight is 356 g/mol. The summed E-state index contributed by atoms with van der Waals surface area (Å²) >= 11 is 0. The van der Waals surface area contributed by atoms with Gasteiger partial charge in [-0.3, -0.25) is 9.69 Å². The Morgan fingerprint density at radius 2 is 2.12 bits per heavy atom. The van der Waals surface area contributed by atoms with Crippen molar-refractivity contribution in [2.24, 2.45) is 5.92 Å². The summed E-state index contributed by atoms with van der Waals surface area (Å²) in [6.45, 7) is 14.2. The van der Waals surface area contributed by atoms with Crippen LogP contribution in [0.15, 0.2) is 72.9 Å². The van der Waals surface area contributed by atoms with Crippen LogP contribution in [0.2, 0.25) is 0 Å². The van der Waals surface area contributed by atoms with Crippen LogP contribution in [0.25, 0.3) is 0 Å². The minimum atomic E-state index is -0.0573. The number of esters is 1. The normalized spacial score (nSPS) is 20.3. The Morgan fingerprint density at radius 1 is 1.35 bits per heavy atom. The molecule has 1 unspecified atom stereocenters. The third-order valence-corrected chi connectivity index (χ3v) is 4.18. The standard InChI is InChI=1S/C20H27NO2.C3H6/c1-3-9-17(2)14-21-13-8-12-19(15-21)20(22)23-16-18-10-6-4-5-7-11-18;1-3-2/h3-7,9-10,19H,1,8,11-16H2,2H3;3H,1H2,2H3/b17-9+;. The predicted molar refractivity (Wildman–Crippen MR) is 111 cm³/mol. The summed E-state index contributed by atoms with van der Waals surface area (Å²) in [6.07, 6.45) is 18.5. The maximum Gasteiger partial charge on any atom is 0.310 e. The van der Waals surface area contributed by atoms with Gasteiger partial charge < -0.3 is 4.74 Å². The summed E-state index contributed by atoms with van der Waals surface area (Å²) in [4.78, 5) is 14.7. The molecule has 1 atom stereocenters. The van der Waals surface area contributed by atoms with E-state index in [2.05, 4.69) is 31.1 Å². The number of ether oxygens (including phenoxy) is 1. The van der Waals surface area contributed by atoms with Gasteiger partial charge in [0.15, 0.2) is 0 Å². The molecule has 26 heavy (non-hydrogen) atoms. The summed E-state index contributed by atoms with van der Waals surface area (Å²) < 4.78 is 5.54. The molecule has 1 heterocycles. The van der Waals surface area contributed by atoms with E-state index in [1.165, 1.54) is 5.57 Å². The number of rotatable bonds is 6. The van der Waals surface area contributed by atoms with Gasteiger partial charge in [-0.15, -0.1) is 6.58 Å². The lowest BCUT2D eigenvalue weighted by atomic mass is 9.97. The molecule has 0 radical (unpaired) electrons. The number of carbonyl (C=O) groups is 1. The largest absolute Gasteiger partial charge is 0.461 e. The Bertz CT molecular complexity index is 581. The van der Waals surface area contributed by atoms with Crippen molar-refractivity contribution in [1.82, 2.24) is 4.90 Å². The fraction of sp³-hybridized carbons (Fsp3) is 0.435. The van der Waals surface area contributed by atoms with E-state index < -0.39 is 0 Å². The predicted octanol–water partition coefficient (Wildman–Crippen LogP) is 5.01. The summed E-state index contributed by atoms with van der Waals surface area (Å²) in [5.74, 6) is -0.0593. The van der Waals surface area contributed by atoms with Gasteiger partial charge in [-0.25, -0.2) is 0 Å². The average Bonchev–Trinajstić information content (AvgIpc) is 2.89. The molecule has 2 rings (SSSR count). The van der Waals surface area contributed by atoms with Gasteiger partial charge in [0.2, 0.25) is 0 Å². The minimum Gasteiger partial charge on any atom is -0.461 e. The van der Waals surface area contributed by atoms with Crippen LogP contribution in [-0.4, -0.2) is 37.1 Å². The smallest absolute Gasteiger partial charge is 0.310 e. The van der Waals surface area contributed by atoms with Crippen molar-refractivity contribution in [2.45, 2.75) is 33.1 Å². The van der Waals surface area contributed by atoms with E-state index in [0.717, 1.165) is 44.5 Å². The van der Waals surface area contributed by atoms with Crippen LogP contribution in [0.1, 0.15) is 33.1 Å². The first kappa shape index (κ1) is 21.9. The molecule has 0 spiro atoms. The molecule has 0 bridgehead atoms. The molecule has 0 saturated carbocycles. The van der Waals surface area contributed by atoms with Crippen LogP contribution in [0.4, 0.5) is 0 Å². The number of carbonyl (C=O) groups excluding carboxylic acids is 1. The lowest BCUT2D eigenvalue weighted by Crippen LogP contribution is -2.40. The summed E-state index contributed by atoms with van der Waals surface area (Å²) in [7, 11) is 0. The molecular weight excluding hydrogens is 322 g/mol. The Balaban J connectivity index is 0.00000105. The lowest BCUT2D eigenvalue weighted by Gasteiger charge is -2.31. The summed E-state index contributed by atoms with van der Waals surface area (Å²) in [6, 6.07) is 0. The van der Waals surface area contributed by atoms with Crippen molar-refractivity contribution in [3.63, 3.8) is 0 Å². The molecule has 142 valence electrons. The molecule has 0 aromatic carbocycles. The van der Waals surface area contributed by atoms with Crippen molar-refractivity contribution < 1.29 is 9.53 Å². The zero-order valence-corrected chi connectivity index (χ0v) is 16.3. The maximum atomic E-state index is 12.3. The number of piperidine rings is 1. The second-order valence-electron chi connectivity index (χ2n) is 6.68. The van der Waals surface area contributed by atoms with Crippen molar-refractivity contribution in [1.29, 1.82) is 0 Å². The van der Waals surface area contributed by atoms with Gasteiger partial charge in [0, 0.05) is 13.1 Å². The highest BCUT2D eigenvalue weighted by Gasteiger charge is 2.27. The van der Waals surface area contributed by atoms with Crippen molar-refractivity contribution in [2.75, 3.05) is 26.2 Å². The van der Waals surface area contributed by atoms with Crippen LogP contribution in [0, 0.1) is 5.92 Å². The second kappa shape index (κ2) is 13.1. The van der Waals surface area contributed by atoms with E-state index in [-0.39, 0.29) is 11.9 Å². The Kier molecular flexibility index (Phi) is 11.1. The van der Waals surface area contributed by atoms with E-state index in [0.29, 0.717) is 6.61 Å². The van der Waals surface area contributed by atoms with Crippen molar-refractivity contribution in [3.8, 4) is 0 Å². The maximum absolute atomic E-state index is 12.3. The molecule has 3 nitrogen and oxygen atoms in total. The number of nitrogens with zero attached hydrogens (tertiary/aromatic N) is 1. The Hall–Kier alpha value is -2.13. The van der Waals surface area contributed by atoms with Gasteiger partial charge in [-0.2, -0.15) is 0 Å². The first-order valence-corrected chi connectivity index (χ1v) is 9.36. The molecule has 0 aromatic rings. The van der Waals surface area contributed by atoms with Gasteiger partial charge in [0.1, 0.15) is 6.61 Å². The van der Waals surface area contributed by atoms with E-state index in [1.54, 1.807) is 6.08 Å². The van der Waals surface area contributed by atoms with E-state index >= 15 is 0 Å². The molecule has 1 aliphatic heterocycles. The topological polar surface area (TPSA) is 29.5 Å². The minimum absolute atomic E-state index is 0.00209. The molecular formula is C23H33NO2. The quantitative estimate of drug-likeness (QED) is 0.381. The highest BCUT2D eigenvalue weighted by Crippen LogP contribution is 2.19. The molecule has 0 N–H and O–H groups in total. The highest BCUT2D eigenvalue weighted by molar-refractivity contribution is 5.73. The van der Waals surface area contributed by atoms with Gasteiger partial charge in [-0.1, -0.05) is 60.8 Å². The number of likely N-dealkylation sites (tertiary alicyclic amines) is 1. The van der Waals surface area contributed by atoms with Gasteiger partial charge in [0.25, 0.3) is 0 Å². The van der Waals surface area contributed by atoms with Crippen molar-refractivity contribution >= 4 is 5.97 Å². The third-order valence-electron chi connectivity index (χ3n) is 4.18. The first-order chi connectivity index (χ1) is 12.6. The molecule has 3 heteroatoms. The van der Waals surface area contributed by atoms with E-state index in [1.807, 2.05) is 43.4 Å². The number of hydrogen-bond donors (Lipinski definition) is 0. The number of hydrogen-bond acceptors (Lipinski definition) is 3. The molecule has 0 aromatic heterocycles. The molecule has 0 amide bonds. The number of allylic oxidation sites excluding steroid dienone is 8. The Labute approximate surface area is 159 Å². The lowest BCUT2D eigenvalue weighted by molar-refractivity contribution is -0.149. The van der Waals surface area contributed by atoms with E-state index in [4.69, 9.17) is 4.74 Å². The summed E-state index contributed by atoms with van der Waals surface area (Å²) in [5.41, 5.74) is 2.41. The zero-order valence-electron chi connectivity index (χ0n) is 16.3. The zero-order chi connectivity index (χ0) is 19.2. The van der Waals surface area contributed by atoms with Gasteiger partial charge >= 0.3 is 5.97 Å². The third kappa shape index (κ3) is 8.82. The van der Waals surface area contributed by atoms with Crippen LogP contribution >= 0.6 is 0 Å². The molecule has 1 fully saturated rings. The SMILES string of the molecule is C=C/C=C(\C)CN1CCCC(C(=O)OCC2=CC=CC=CC2)C1.C=CC. The van der Waals surface area contributed by atoms with Crippen LogP contribution in [-0.2, 0) is 9.53 Å². The fourth-order valence-electron chi connectivity index (χ4n) is 3.01. The molecule has 1 aliphatic carbocycles. The van der Waals surface area contributed by atoms with Gasteiger partial charge in [0.05, 0.1) is 5.92 Å². The van der Waals surface area contributed by atoms with Crippen molar-refractivity contribution in [3.05, 3.63) is 72.9 Å². The van der Waals surface area contributed by atoms with E-state index in [9.17, 15) is 4.79 Å². The molecule has 1 saturated heterocycles. The Morgan fingerprint density at radius 3 is 2.85 bits per heavy atom. The second-order valence-corrected chi connectivity index (χ2v) is 6.68.